The zero-order chi connectivity index (χ0) is 19.9. The van der Waals surface area contributed by atoms with Crippen LogP contribution in [0.15, 0.2) is 30.3 Å². The van der Waals surface area contributed by atoms with Crippen molar-refractivity contribution in [1.82, 2.24) is 10.2 Å². The molecule has 1 aromatic rings. The second kappa shape index (κ2) is 9.44. The van der Waals surface area contributed by atoms with E-state index in [1.54, 1.807) is 4.90 Å². The predicted molar refractivity (Wildman–Crippen MR) is 109 cm³/mol. The van der Waals surface area contributed by atoms with Crippen molar-refractivity contribution in [3.8, 4) is 0 Å². The summed E-state index contributed by atoms with van der Waals surface area (Å²) >= 11 is 0. The minimum absolute atomic E-state index is 0.000446. The maximum atomic E-state index is 12.1. The fourth-order valence-electron chi connectivity index (χ4n) is 2.82. The maximum Gasteiger partial charge on any atom is 0.410 e. The normalized spacial score (nSPS) is 15.1. The Morgan fingerprint density at radius 1 is 1.11 bits per heavy atom. The van der Waals surface area contributed by atoms with E-state index in [1.165, 1.54) is 6.92 Å². The first-order valence-electron chi connectivity index (χ1n) is 9.48. The summed E-state index contributed by atoms with van der Waals surface area (Å²) in [6.45, 7) is 10.8. The second-order valence-corrected chi connectivity index (χ2v) is 7.72. The molecule has 1 saturated heterocycles. The van der Waals surface area contributed by atoms with Crippen LogP contribution in [0.2, 0.25) is 0 Å². The molecular weight excluding hydrogens is 342 g/mol. The largest absolute Gasteiger partial charge is 0.444 e. The molecule has 6 nitrogen and oxygen atoms in total. The van der Waals surface area contributed by atoms with E-state index in [0.29, 0.717) is 19.6 Å². The van der Waals surface area contributed by atoms with Crippen LogP contribution in [0.4, 0.5) is 10.5 Å². The summed E-state index contributed by atoms with van der Waals surface area (Å²) in [6.07, 6.45) is 4.70. The van der Waals surface area contributed by atoms with Crippen molar-refractivity contribution in [2.45, 2.75) is 39.7 Å². The molecule has 1 fully saturated rings. The molecule has 1 heterocycles. The lowest BCUT2D eigenvalue weighted by Gasteiger charge is -2.36. The molecule has 1 N–H and O–H groups in total. The van der Waals surface area contributed by atoms with Gasteiger partial charge in [0.25, 0.3) is 0 Å². The third kappa shape index (κ3) is 7.33. The van der Waals surface area contributed by atoms with E-state index >= 15 is 0 Å². The predicted octanol–water partition coefficient (Wildman–Crippen LogP) is 3.28. The van der Waals surface area contributed by atoms with Crippen LogP contribution in [0.25, 0.3) is 6.08 Å². The van der Waals surface area contributed by atoms with Gasteiger partial charge in [0.2, 0.25) is 5.91 Å². The Bertz CT molecular complexity index is 654. The molecule has 0 spiro atoms. The number of ether oxygens (including phenoxy) is 1. The number of carbonyl (C=O) groups is 2. The van der Waals surface area contributed by atoms with Gasteiger partial charge < -0.3 is 19.9 Å². The van der Waals surface area contributed by atoms with E-state index in [-0.39, 0.29) is 12.0 Å². The molecule has 0 radical (unpaired) electrons. The summed E-state index contributed by atoms with van der Waals surface area (Å²) in [6, 6.07) is 8.39. The van der Waals surface area contributed by atoms with Crippen molar-refractivity contribution in [1.29, 1.82) is 0 Å². The van der Waals surface area contributed by atoms with E-state index in [9.17, 15) is 9.59 Å². The number of amides is 2. The number of anilines is 1. The van der Waals surface area contributed by atoms with Crippen LogP contribution in [0.3, 0.4) is 0 Å². The standard InChI is InChI=1S/C21H31N3O3/c1-17(25)22-12-6-5-7-18-8-10-19(11-9-18)23-13-15-24(16-14-23)20(26)27-21(2,3)4/h5,7-11H,6,12-16H2,1-4H3,(H,22,25). The Balaban J connectivity index is 1.80. The lowest BCUT2D eigenvalue weighted by Crippen LogP contribution is -2.50. The van der Waals surface area contributed by atoms with Gasteiger partial charge in [0.15, 0.2) is 0 Å². The van der Waals surface area contributed by atoms with Crippen LogP contribution in [0.5, 0.6) is 0 Å². The van der Waals surface area contributed by atoms with Gasteiger partial charge in [-0.1, -0.05) is 24.3 Å². The molecule has 0 saturated carbocycles. The van der Waals surface area contributed by atoms with Gasteiger partial charge in [0, 0.05) is 45.3 Å². The van der Waals surface area contributed by atoms with Crippen molar-refractivity contribution >= 4 is 23.8 Å². The molecule has 0 atom stereocenters. The van der Waals surface area contributed by atoms with Gasteiger partial charge in [-0.25, -0.2) is 4.79 Å². The lowest BCUT2D eigenvalue weighted by molar-refractivity contribution is -0.118. The zero-order valence-electron chi connectivity index (χ0n) is 16.8. The molecular formula is C21H31N3O3. The summed E-state index contributed by atoms with van der Waals surface area (Å²) in [5.74, 6) is -0.000446. The number of hydrogen-bond donors (Lipinski definition) is 1. The van der Waals surface area contributed by atoms with E-state index in [4.69, 9.17) is 4.74 Å². The fourth-order valence-corrected chi connectivity index (χ4v) is 2.82. The van der Waals surface area contributed by atoms with E-state index in [0.717, 1.165) is 30.8 Å². The Morgan fingerprint density at radius 3 is 2.30 bits per heavy atom. The van der Waals surface area contributed by atoms with E-state index < -0.39 is 5.60 Å². The van der Waals surface area contributed by atoms with Crippen molar-refractivity contribution < 1.29 is 14.3 Å². The van der Waals surface area contributed by atoms with Gasteiger partial charge in [0.1, 0.15) is 5.60 Å². The van der Waals surface area contributed by atoms with Gasteiger partial charge in [0.05, 0.1) is 0 Å². The van der Waals surface area contributed by atoms with Crippen molar-refractivity contribution in [2.75, 3.05) is 37.6 Å². The summed E-state index contributed by atoms with van der Waals surface area (Å²) in [7, 11) is 0. The van der Waals surface area contributed by atoms with Gasteiger partial charge >= 0.3 is 6.09 Å². The highest BCUT2D eigenvalue weighted by Gasteiger charge is 2.25. The summed E-state index contributed by atoms with van der Waals surface area (Å²) in [4.78, 5) is 27.0. The van der Waals surface area contributed by atoms with Crippen molar-refractivity contribution in [3.63, 3.8) is 0 Å². The van der Waals surface area contributed by atoms with Crippen LogP contribution in [-0.2, 0) is 9.53 Å². The highest BCUT2D eigenvalue weighted by molar-refractivity contribution is 5.72. The molecule has 0 bridgehead atoms. The molecule has 0 aliphatic carbocycles. The van der Waals surface area contributed by atoms with Crippen molar-refractivity contribution in [3.05, 3.63) is 35.9 Å². The maximum absolute atomic E-state index is 12.1. The number of carbonyl (C=O) groups excluding carboxylic acids is 2. The number of benzene rings is 1. The first kappa shape index (κ1) is 20.8. The van der Waals surface area contributed by atoms with Crippen LogP contribution in [0, 0.1) is 0 Å². The monoisotopic (exact) mass is 373 g/mol. The van der Waals surface area contributed by atoms with Crippen molar-refractivity contribution in [2.24, 2.45) is 0 Å². The van der Waals surface area contributed by atoms with Crippen LogP contribution < -0.4 is 10.2 Å². The van der Waals surface area contributed by atoms with E-state index in [2.05, 4.69) is 46.6 Å². The molecule has 6 heteroatoms. The zero-order valence-corrected chi connectivity index (χ0v) is 16.8. The highest BCUT2D eigenvalue weighted by Crippen LogP contribution is 2.19. The molecule has 2 rings (SSSR count). The average Bonchev–Trinajstić information content (AvgIpc) is 2.60. The summed E-state index contributed by atoms with van der Waals surface area (Å²) in [5, 5.41) is 2.77. The molecule has 27 heavy (non-hydrogen) atoms. The minimum atomic E-state index is -0.459. The fraction of sp³-hybridized carbons (Fsp3) is 0.524. The molecule has 1 aromatic carbocycles. The van der Waals surface area contributed by atoms with Crippen LogP contribution in [0.1, 0.15) is 39.7 Å². The lowest BCUT2D eigenvalue weighted by atomic mass is 10.1. The molecule has 0 unspecified atom stereocenters. The molecule has 1 aliphatic rings. The topological polar surface area (TPSA) is 61.9 Å². The molecule has 2 amide bonds. The van der Waals surface area contributed by atoms with E-state index in [1.807, 2.05) is 20.8 Å². The average molecular weight is 373 g/mol. The first-order valence-corrected chi connectivity index (χ1v) is 9.48. The summed E-state index contributed by atoms with van der Waals surface area (Å²) < 4.78 is 5.44. The van der Waals surface area contributed by atoms with Gasteiger partial charge in [-0.3, -0.25) is 4.79 Å². The number of piperazine rings is 1. The quantitative estimate of drug-likeness (QED) is 0.805. The number of rotatable bonds is 5. The summed E-state index contributed by atoms with van der Waals surface area (Å²) in [5.41, 5.74) is 1.84. The molecule has 1 aliphatic heterocycles. The van der Waals surface area contributed by atoms with Crippen LogP contribution in [-0.4, -0.2) is 55.2 Å². The minimum Gasteiger partial charge on any atom is -0.444 e. The molecule has 0 aromatic heterocycles. The third-order valence-electron chi connectivity index (χ3n) is 4.18. The van der Waals surface area contributed by atoms with Gasteiger partial charge in [-0.05, 0) is 44.9 Å². The number of nitrogens with zero attached hydrogens (tertiary/aromatic N) is 2. The Morgan fingerprint density at radius 2 is 1.74 bits per heavy atom. The number of hydrogen-bond acceptors (Lipinski definition) is 4. The first-order chi connectivity index (χ1) is 12.7. The number of nitrogens with one attached hydrogen (secondary N) is 1. The third-order valence-corrected chi connectivity index (χ3v) is 4.18. The second-order valence-electron chi connectivity index (χ2n) is 7.72. The Hall–Kier alpha value is -2.50. The Kier molecular flexibility index (Phi) is 7.28. The van der Waals surface area contributed by atoms with Gasteiger partial charge in [-0.2, -0.15) is 0 Å². The SMILES string of the molecule is CC(=O)NCCC=Cc1ccc(N2CCN(C(=O)OC(C)(C)C)CC2)cc1. The Labute approximate surface area is 162 Å². The highest BCUT2D eigenvalue weighted by atomic mass is 16.6. The van der Waals surface area contributed by atoms with Crippen LogP contribution >= 0.6 is 0 Å². The smallest absolute Gasteiger partial charge is 0.410 e. The molecule has 148 valence electrons. The van der Waals surface area contributed by atoms with Gasteiger partial charge in [-0.15, -0.1) is 0 Å².